The Kier molecular flexibility index (Phi) is 3.80. The van der Waals surface area contributed by atoms with E-state index in [2.05, 4.69) is 10.3 Å². The van der Waals surface area contributed by atoms with E-state index in [1.807, 2.05) is 0 Å². The van der Waals surface area contributed by atoms with Crippen LogP contribution in [0.1, 0.15) is 29.6 Å². The summed E-state index contributed by atoms with van der Waals surface area (Å²) in [5.41, 5.74) is 5.61. The summed E-state index contributed by atoms with van der Waals surface area (Å²) in [6.45, 7) is 1.20. The van der Waals surface area contributed by atoms with Crippen molar-refractivity contribution in [3.8, 4) is 0 Å². The molecule has 6 nitrogen and oxygen atoms in total. The van der Waals surface area contributed by atoms with Crippen molar-refractivity contribution in [2.45, 2.75) is 37.0 Å². The maximum atomic E-state index is 12.3. The third-order valence-electron chi connectivity index (χ3n) is 4.08. The number of carbonyl (C=O) groups excluding carboxylic acids is 1. The van der Waals surface area contributed by atoms with E-state index in [-0.39, 0.29) is 23.1 Å². The van der Waals surface area contributed by atoms with E-state index in [1.165, 1.54) is 6.20 Å². The molecule has 2 heterocycles. The molecular weight excluding hydrogens is 276 g/mol. The van der Waals surface area contributed by atoms with Crippen LogP contribution >= 0.6 is 11.8 Å². The van der Waals surface area contributed by atoms with Gasteiger partial charge in [0.05, 0.1) is 0 Å². The van der Waals surface area contributed by atoms with Crippen molar-refractivity contribution in [3.63, 3.8) is 0 Å². The number of thioether (sulfide) groups is 1. The van der Waals surface area contributed by atoms with Gasteiger partial charge >= 0.3 is 0 Å². The number of hydrogen-bond acceptors (Lipinski definition) is 5. The van der Waals surface area contributed by atoms with E-state index in [1.54, 1.807) is 16.3 Å². The second kappa shape index (κ2) is 5.57. The lowest BCUT2D eigenvalue weighted by molar-refractivity contribution is 0.0926. The third-order valence-corrected chi connectivity index (χ3v) is 5.05. The van der Waals surface area contributed by atoms with Crippen LogP contribution in [0.5, 0.6) is 0 Å². The number of rotatable bonds is 3. The van der Waals surface area contributed by atoms with Gasteiger partial charge in [-0.05, 0) is 25.3 Å². The molecule has 1 amide bonds. The van der Waals surface area contributed by atoms with E-state index in [4.69, 9.17) is 5.73 Å². The SMILES string of the molecule is NCC1CCCC1NC(=O)c1cnc2n(c1=O)CCS2. The number of nitrogens with two attached hydrogens (primary N) is 1. The maximum absolute atomic E-state index is 12.3. The first-order valence-corrected chi connectivity index (χ1v) is 7.93. The topological polar surface area (TPSA) is 90.0 Å². The summed E-state index contributed by atoms with van der Waals surface area (Å²) in [6.07, 6.45) is 4.45. The molecule has 1 aromatic rings. The highest BCUT2D eigenvalue weighted by atomic mass is 32.2. The number of carbonyl (C=O) groups is 1. The monoisotopic (exact) mass is 294 g/mol. The molecule has 7 heteroatoms. The first-order valence-electron chi connectivity index (χ1n) is 6.94. The summed E-state index contributed by atoms with van der Waals surface area (Å²) in [4.78, 5) is 28.7. The standard InChI is InChI=1S/C13H18N4O2S/c14-6-8-2-1-3-10(8)16-11(18)9-7-15-13-17(12(9)19)4-5-20-13/h7-8,10H,1-6,14H2,(H,16,18). The van der Waals surface area contributed by atoms with Crippen LogP contribution in [0.2, 0.25) is 0 Å². The molecule has 20 heavy (non-hydrogen) atoms. The Bertz CT molecular complexity index is 586. The van der Waals surface area contributed by atoms with E-state index in [0.717, 1.165) is 25.0 Å². The van der Waals surface area contributed by atoms with Gasteiger partial charge in [-0.25, -0.2) is 4.98 Å². The van der Waals surface area contributed by atoms with Crippen LogP contribution in [0, 0.1) is 5.92 Å². The van der Waals surface area contributed by atoms with Gasteiger partial charge in [0.15, 0.2) is 5.16 Å². The van der Waals surface area contributed by atoms with E-state index < -0.39 is 0 Å². The highest BCUT2D eigenvalue weighted by Crippen LogP contribution is 2.25. The minimum absolute atomic E-state index is 0.0829. The second-order valence-electron chi connectivity index (χ2n) is 5.27. The predicted octanol–water partition coefficient (Wildman–Crippen LogP) is 0.206. The Balaban J connectivity index is 1.80. The summed E-state index contributed by atoms with van der Waals surface area (Å²) < 4.78 is 1.58. The van der Waals surface area contributed by atoms with Crippen LogP contribution in [-0.2, 0) is 6.54 Å². The van der Waals surface area contributed by atoms with Gasteiger partial charge in [0, 0.05) is 24.5 Å². The largest absolute Gasteiger partial charge is 0.349 e. The zero-order valence-electron chi connectivity index (χ0n) is 11.2. The number of nitrogens with zero attached hydrogens (tertiary/aromatic N) is 2. The van der Waals surface area contributed by atoms with Crippen LogP contribution < -0.4 is 16.6 Å². The van der Waals surface area contributed by atoms with Crippen molar-refractivity contribution < 1.29 is 4.79 Å². The van der Waals surface area contributed by atoms with Gasteiger partial charge in [0.1, 0.15) is 5.56 Å². The average molecular weight is 294 g/mol. The van der Waals surface area contributed by atoms with Crippen molar-refractivity contribution in [3.05, 3.63) is 22.1 Å². The lowest BCUT2D eigenvalue weighted by atomic mass is 10.0. The molecule has 1 aliphatic carbocycles. The molecule has 108 valence electrons. The number of amides is 1. The van der Waals surface area contributed by atoms with Gasteiger partial charge in [-0.2, -0.15) is 0 Å². The highest BCUT2D eigenvalue weighted by molar-refractivity contribution is 7.99. The fourth-order valence-corrected chi connectivity index (χ4v) is 3.84. The Morgan fingerprint density at radius 1 is 1.55 bits per heavy atom. The molecule has 0 bridgehead atoms. The first kappa shape index (κ1) is 13.6. The number of fused-ring (bicyclic) bond motifs is 1. The van der Waals surface area contributed by atoms with Crippen molar-refractivity contribution >= 4 is 17.7 Å². The molecule has 2 unspecified atom stereocenters. The third kappa shape index (κ3) is 2.35. The van der Waals surface area contributed by atoms with Crippen LogP contribution in [0.4, 0.5) is 0 Å². The number of nitrogens with one attached hydrogen (secondary N) is 1. The van der Waals surface area contributed by atoms with Gasteiger partial charge in [-0.1, -0.05) is 18.2 Å². The Morgan fingerprint density at radius 3 is 3.20 bits per heavy atom. The number of aromatic nitrogens is 2. The van der Waals surface area contributed by atoms with Crippen molar-refractivity contribution in [2.75, 3.05) is 12.3 Å². The molecule has 1 aromatic heterocycles. The Labute approximate surface area is 121 Å². The summed E-state index contributed by atoms with van der Waals surface area (Å²) in [6, 6.07) is 0.0829. The summed E-state index contributed by atoms with van der Waals surface area (Å²) >= 11 is 1.54. The lowest BCUT2D eigenvalue weighted by Gasteiger charge is -2.19. The summed E-state index contributed by atoms with van der Waals surface area (Å²) in [5, 5.41) is 3.65. The summed E-state index contributed by atoms with van der Waals surface area (Å²) in [7, 11) is 0. The molecule has 2 aliphatic rings. The van der Waals surface area contributed by atoms with Crippen LogP contribution in [-0.4, -0.2) is 33.8 Å². The Hall–Kier alpha value is -1.34. The van der Waals surface area contributed by atoms with Gasteiger partial charge in [-0.15, -0.1) is 0 Å². The van der Waals surface area contributed by atoms with E-state index in [9.17, 15) is 9.59 Å². The second-order valence-corrected chi connectivity index (χ2v) is 6.33. The molecule has 1 saturated carbocycles. The molecule has 0 aromatic carbocycles. The normalized spacial score (nSPS) is 24.6. The van der Waals surface area contributed by atoms with Gasteiger partial charge in [0.2, 0.25) is 0 Å². The molecule has 1 fully saturated rings. The van der Waals surface area contributed by atoms with Gasteiger partial charge in [-0.3, -0.25) is 14.2 Å². The zero-order valence-corrected chi connectivity index (χ0v) is 12.0. The fourth-order valence-electron chi connectivity index (χ4n) is 2.93. The van der Waals surface area contributed by atoms with Crippen molar-refractivity contribution in [1.29, 1.82) is 0 Å². The fraction of sp³-hybridized carbons (Fsp3) is 0.615. The van der Waals surface area contributed by atoms with Crippen LogP contribution in [0.3, 0.4) is 0 Å². The van der Waals surface area contributed by atoms with Gasteiger partial charge in [0.25, 0.3) is 11.5 Å². The lowest BCUT2D eigenvalue weighted by Crippen LogP contribution is -2.42. The average Bonchev–Trinajstić information content (AvgIpc) is 3.07. The predicted molar refractivity (Wildman–Crippen MR) is 76.9 cm³/mol. The highest BCUT2D eigenvalue weighted by Gasteiger charge is 2.29. The molecule has 0 radical (unpaired) electrons. The molecule has 0 saturated heterocycles. The maximum Gasteiger partial charge on any atom is 0.267 e. The Morgan fingerprint density at radius 2 is 2.40 bits per heavy atom. The molecular formula is C13H18N4O2S. The molecule has 1 aliphatic heterocycles. The van der Waals surface area contributed by atoms with Crippen LogP contribution in [0.25, 0.3) is 0 Å². The van der Waals surface area contributed by atoms with E-state index >= 15 is 0 Å². The summed E-state index contributed by atoms with van der Waals surface area (Å²) in [5.74, 6) is 0.838. The number of hydrogen-bond donors (Lipinski definition) is 2. The molecule has 3 rings (SSSR count). The van der Waals surface area contributed by atoms with Gasteiger partial charge < -0.3 is 11.1 Å². The van der Waals surface area contributed by atoms with Crippen LogP contribution in [0.15, 0.2) is 16.1 Å². The molecule has 3 N–H and O–H groups in total. The smallest absolute Gasteiger partial charge is 0.267 e. The quantitative estimate of drug-likeness (QED) is 0.778. The molecule has 0 spiro atoms. The first-order chi connectivity index (χ1) is 9.70. The minimum Gasteiger partial charge on any atom is -0.349 e. The van der Waals surface area contributed by atoms with Crippen molar-refractivity contribution in [1.82, 2.24) is 14.9 Å². The minimum atomic E-state index is -0.319. The van der Waals surface area contributed by atoms with Crippen molar-refractivity contribution in [2.24, 2.45) is 11.7 Å². The zero-order chi connectivity index (χ0) is 14.1. The molecule has 2 atom stereocenters. The van der Waals surface area contributed by atoms with E-state index in [0.29, 0.717) is 24.2 Å².